The van der Waals surface area contributed by atoms with E-state index in [4.69, 9.17) is 21.4 Å². The molecule has 8 nitrogen and oxygen atoms in total. The molecule has 1 atom stereocenters. The van der Waals surface area contributed by atoms with Crippen LogP contribution in [0.3, 0.4) is 0 Å². The quantitative estimate of drug-likeness (QED) is 0.405. The summed E-state index contributed by atoms with van der Waals surface area (Å²) < 4.78 is 7.61. The minimum Gasteiger partial charge on any atom is -0.481 e. The topological polar surface area (TPSA) is 99.8 Å². The summed E-state index contributed by atoms with van der Waals surface area (Å²) >= 11 is 6.49. The maximum Gasteiger partial charge on any atom is 0.305 e. The van der Waals surface area contributed by atoms with Crippen molar-refractivity contribution >= 4 is 29.3 Å². The highest BCUT2D eigenvalue weighted by molar-refractivity contribution is 6.31. The summed E-state index contributed by atoms with van der Waals surface area (Å²) in [4.78, 5) is 37.9. The van der Waals surface area contributed by atoms with Crippen molar-refractivity contribution in [3.63, 3.8) is 0 Å². The van der Waals surface area contributed by atoms with Gasteiger partial charge < -0.3 is 15.2 Å². The molecule has 1 aliphatic carbocycles. The van der Waals surface area contributed by atoms with Crippen LogP contribution in [-0.4, -0.2) is 48.0 Å². The number of carboxylic acid groups (broad SMARTS) is 1. The summed E-state index contributed by atoms with van der Waals surface area (Å²) in [6.45, 7) is 0.425. The molecule has 0 radical (unpaired) electrons. The lowest BCUT2D eigenvalue weighted by atomic mass is 9.74. The number of amides is 1. The smallest absolute Gasteiger partial charge is 0.305 e. The van der Waals surface area contributed by atoms with Crippen molar-refractivity contribution in [1.29, 1.82) is 0 Å². The van der Waals surface area contributed by atoms with Crippen LogP contribution in [0.15, 0.2) is 48.8 Å². The molecule has 0 bridgehead atoms. The van der Waals surface area contributed by atoms with Crippen molar-refractivity contribution in [2.24, 2.45) is 0 Å². The molecule has 1 heterocycles. The number of benzene rings is 1. The Morgan fingerprint density at radius 3 is 2.76 bits per heavy atom. The molecule has 0 saturated heterocycles. The third-order valence-electron chi connectivity index (χ3n) is 5.89. The van der Waals surface area contributed by atoms with Crippen LogP contribution in [0.4, 0.5) is 0 Å². The number of pyridine rings is 1. The predicted octanol–water partition coefficient (Wildman–Crippen LogP) is 2.73. The van der Waals surface area contributed by atoms with Crippen molar-refractivity contribution in [3.8, 4) is 0 Å². The number of carbonyl (C=O) groups is 3. The number of ether oxygens (including phenoxy) is 1. The average Bonchev–Trinajstić information content (AvgIpc) is 2.80. The Morgan fingerprint density at radius 1 is 1.24 bits per heavy atom. The van der Waals surface area contributed by atoms with Gasteiger partial charge in [0.25, 0.3) is 12.6 Å². The molecule has 1 fully saturated rings. The van der Waals surface area contributed by atoms with E-state index >= 15 is 0 Å². The van der Waals surface area contributed by atoms with Crippen LogP contribution < -0.4 is 9.88 Å². The van der Waals surface area contributed by atoms with Crippen LogP contribution in [0, 0.1) is 0 Å². The van der Waals surface area contributed by atoms with Crippen LogP contribution in [0.2, 0.25) is 5.02 Å². The first-order valence-electron chi connectivity index (χ1n) is 10.9. The van der Waals surface area contributed by atoms with E-state index in [0.717, 1.165) is 18.4 Å². The number of carbonyl (C=O) groups excluding carboxylic acids is 2. The fraction of sp³-hybridized carbons (Fsp3) is 0.417. The summed E-state index contributed by atoms with van der Waals surface area (Å²) in [6, 6.07) is 10.8. The van der Waals surface area contributed by atoms with E-state index in [1.165, 1.54) is 0 Å². The van der Waals surface area contributed by atoms with Gasteiger partial charge in [0.15, 0.2) is 18.2 Å². The van der Waals surface area contributed by atoms with E-state index in [0.29, 0.717) is 23.4 Å². The van der Waals surface area contributed by atoms with Gasteiger partial charge in [0.2, 0.25) is 0 Å². The number of likely N-dealkylation sites (N-methyl/N-ethyl adjacent to an activating group) is 1. The van der Waals surface area contributed by atoms with Crippen LogP contribution in [-0.2, 0) is 26.6 Å². The lowest BCUT2D eigenvalue weighted by Gasteiger charge is -2.43. The van der Waals surface area contributed by atoms with Crippen LogP contribution >= 0.6 is 11.6 Å². The van der Waals surface area contributed by atoms with Gasteiger partial charge in [0.05, 0.1) is 6.42 Å². The largest absolute Gasteiger partial charge is 0.481 e. The third kappa shape index (κ3) is 5.96. The van der Waals surface area contributed by atoms with Gasteiger partial charge in [-0.1, -0.05) is 36.2 Å². The number of ketones is 1. The van der Waals surface area contributed by atoms with E-state index in [2.05, 4.69) is 5.32 Å². The van der Waals surface area contributed by atoms with E-state index in [9.17, 15) is 14.4 Å². The van der Waals surface area contributed by atoms with Gasteiger partial charge in [-0.2, -0.15) is 4.57 Å². The average molecular weight is 475 g/mol. The zero-order valence-electron chi connectivity index (χ0n) is 18.6. The van der Waals surface area contributed by atoms with Gasteiger partial charge in [-0.05, 0) is 37.6 Å². The molecule has 9 heteroatoms. The van der Waals surface area contributed by atoms with Crippen molar-refractivity contribution in [2.45, 2.75) is 44.4 Å². The van der Waals surface area contributed by atoms with Crippen molar-refractivity contribution in [1.82, 2.24) is 10.2 Å². The van der Waals surface area contributed by atoms with E-state index < -0.39 is 11.5 Å². The van der Waals surface area contributed by atoms with Gasteiger partial charge >= 0.3 is 5.97 Å². The lowest BCUT2D eigenvalue weighted by molar-refractivity contribution is -0.733. The number of aromatic nitrogens is 1. The highest BCUT2D eigenvalue weighted by Gasteiger charge is 2.46. The second kappa shape index (κ2) is 11.4. The Labute approximate surface area is 198 Å². The zero-order chi connectivity index (χ0) is 23.8. The Kier molecular flexibility index (Phi) is 8.55. The highest BCUT2D eigenvalue weighted by Crippen LogP contribution is 2.42. The Bertz CT molecular complexity index is 1020. The number of rotatable bonds is 10. The fourth-order valence-electron chi connectivity index (χ4n) is 4.22. The molecule has 176 valence electrons. The van der Waals surface area contributed by atoms with Crippen LogP contribution in [0.1, 0.15) is 48.0 Å². The monoisotopic (exact) mass is 474 g/mol. The normalized spacial score (nSPS) is 18.3. The van der Waals surface area contributed by atoms with Crippen molar-refractivity contribution < 1.29 is 28.8 Å². The molecule has 1 saturated carbocycles. The summed E-state index contributed by atoms with van der Waals surface area (Å²) in [5.41, 5.74) is 0.373. The first kappa shape index (κ1) is 24.8. The maximum atomic E-state index is 13.1. The second-order valence-electron chi connectivity index (χ2n) is 8.14. The number of halogens is 1. The molecular formula is C24H29ClN3O5+. The minimum atomic E-state index is -0.970. The van der Waals surface area contributed by atoms with Crippen LogP contribution in [0.5, 0.6) is 0 Å². The molecule has 0 aliphatic heterocycles. The van der Waals surface area contributed by atoms with E-state index in [-0.39, 0.29) is 38.1 Å². The third-order valence-corrected chi connectivity index (χ3v) is 6.22. The maximum absolute atomic E-state index is 13.1. The van der Waals surface area contributed by atoms with Gasteiger partial charge in [-0.3, -0.25) is 19.3 Å². The van der Waals surface area contributed by atoms with Crippen molar-refractivity contribution in [3.05, 3.63) is 64.9 Å². The van der Waals surface area contributed by atoms with Gasteiger partial charge in [0, 0.05) is 24.1 Å². The molecule has 2 N–H and O–H groups in total. The molecule has 0 spiro atoms. The number of nitrogens with zero attached hydrogens (tertiary/aromatic N) is 2. The molecule has 1 aromatic heterocycles. The number of nitrogens with one attached hydrogen (secondary N) is 1. The molecule has 1 unspecified atom stereocenters. The molecule has 33 heavy (non-hydrogen) atoms. The summed E-state index contributed by atoms with van der Waals surface area (Å²) in [7, 11) is 1.86. The Hall–Kier alpha value is -2.81. The summed E-state index contributed by atoms with van der Waals surface area (Å²) in [6.07, 6.45) is 6.24. The predicted molar refractivity (Wildman–Crippen MR) is 122 cm³/mol. The zero-order valence-corrected chi connectivity index (χ0v) is 19.4. The number of hydrogen-bond donors (Lipinski definition) is 2. The lowest BCUT2D eigenvalue weighted by Crippen LogP contribution is -2.53. The first-order chi connectivity index (χ1) is 15.8. The van der Waals surface area contributed by atoms with Gasteiger partial charge in [0.1, 0.15) is 17.8 Å². The number of hydrogen-bond acceptors (Lipinski definition) is 5. The number of carboxylic acids is 1. The summed E-state index contributed by atoms with van der Waals surface area (Å²) in [5, 5.41) is 11.8. The second-order valence-corrected chi connectivity index (χ2v) is 8.54. The van der Waals surface area contributed by atoms with E-state index in [1.807, 2.05) is 30.1 Å². The molecular weight excluding hydrogens is 446 g/mol. The number of aliphatic carboxylic acids is 1. The molecule has 1 aliphatic rings. The van der Waals surface area contributed by atoms with Crippen molar-refractivity contribution in [2.75, 3.05) is 20.3 Å². The molecule has 1 aromatic carbocycles. The Morgan fingerprint density at radius 2 is 2.03 bits per heavy atom. The van der Waals surface area contributed by atoms with Crippen LogP contribution in [0.25, 0.3) is 0 Å². The standard InChI is InChI=1S/C24H28ClN3O5/c1-27(24(12-5-4-10-21(24)29)19-8-2-3-9-20(19)25)16-33-17-28-14-6-7-18(15-28)23(32)26-13-11-22(30)31/h2-3,6-9,14-15H,4-5,10-13,16-17H2,1H3,(H-,26,30,31,32)/p+1. The molecule has 3 rings (SSSR count). The van der Waals surface area contributed by atoms with Gasteiger partial charge in [-0.25, -0.2) is 0 Å². The SMILES string of the molecule is CN(COC[n+]1cccc(C(=O)NCCC(=O)O)c1)C1(c2ccccc2Cl)CCCCC1=O. The number of Topliss-reactive ketones (excluding diaryl/α,β-unsaturated/α-hetero) is 1. The molecule has 1 amide bonds. The first-order valence-corrected chi connectivity index (χ1v) is 11.3. The minimum absolute atomic E-state index is 0.0580. The fourth-order valence-corrected chi connectivity index (χ4v) is 4.51. The summed E-state index contributed by atoms with van der Waals surface area (Å²) in [5.74, 6) is -1.18. The highest BCUT2D eigenvalue weighted by atomic mass is 35.5. The Balaban J connectivity index is 1.66. The van der Waals surface area contributed by atoms with E-state index in [1.54, 1.807) is 35.2 Å². The van der Waals surface area contributed by atoms with Gasteiger partial charge in [-0.15, -0.1) is 0 Å². The molecule has 2 aromatic rings.